The number of benzene rings is 2. The lowest BCUT2D eigenvalue weighted by atomic mass is 9.81. The van der Waals surface area contributed by atoms with Gasteiger partial charge in [0, 0.05) is 5.92 Å². The Morgan fingerprint density at radius 3 is 1.76 bits per heavy atom. The second kappa shape index (κ2) is 16.2. The van der Waals surface area contributed by atoms with E-state index < -0.39 is 0 Å². The molecule has 0 radical (unpaired) electrons. The number of hydrogen-bond acceptors (Lipinski definition) is 0. The topological polar surface area (TPSA) is 0 Å². The molecule has 2 aromatic carbocycles. The molecule has 0 saturated heterocycles. The first-order valence-corrected chi connectivity index (χ1v) is 16.1. The Morgan fingerprint density at radius 1 is 0.622 bits per heavy atom. The molecule has 0 nitrogen and oxygen atoms in total. The monoisotopic (exact) mass is 500 g/mol. The van der Waals surface area contributed by atoms with Crippen molar-refractivity contribution >= 4 is 0 Å². The molecule has 37 heavy (non-hydrogen) atoms. The van der Waals surface area contributed by atoms with Gasteiger partial charge in [-0.25, -0.2) is 0 Å². The van der Waals surface area contributed by atoms with Crippen LogP contribution in [0.15, 0.2) is 42.5 Å². The van der Waals surface area contributed by atoms with Gasteiger partial charge in [0.2, 0.25) is 0 Å². The molecule has 2 atom stereocenters. The largest absolute Gasteiger partial charge is 0.0848 e. The normalized spacial score (nSPS) is 17.4. The number of rotatable bonds is 16. The lowest BCUT2D eigenvalue weighted by Crippen LogP contribution is -2.07. The maximum Gasteiger partial charge on any atom is 0.00183 e. The summed E-state index contributed by atoms with van der Waals surface area (Å²) in [5.74, 6) is 1.38. The van der Waals surface area contributed by atoms with Crippen molar-refractivity contribution in [1.82, 2.24) is 0 Å². The zero-order valence-electron chi connectivity index (χ0n) is 25.0. The van der Waals surface area contributed by atoms with Crippen molar-refractivity contribution in [2.24, 2.45) is 5.92 Å². The van der Waals surface area contributed by atoms with Crippen molar-refractivity contribution in [3.05, 3.63) is 70.3 Å². The molecule has 0 saturated carbocycles. The van der Waals surface area contributed by atoms with E-state index in [9.17, 15) is 0 Å². The minimum absolute atomic E-state index is 0.595. The summed E-state index contributed by atoms with van der Waals surface area (Å²) in [5, 5.41) is 0. The lowest BCUT2D eigenvalue weighted by molar-refractivity contribution is 0.499. The molecule has 0 aliphatic heterocycles. The highest BCUT2D eigenvalue weighted by molar-refractivity contribution is 5.70. The third-order valence-electron chi connectivity index (χ3n) is 8.80. The minimum atomic E-state index is 0.595. The van der Waals surface area contributed by atoms with Crippen LogP contribution in [-0.2, 0) is 25.7 Å². The van der Waals surface area contributed by atoms with Gasteiger partial charge in [-0.1, -0.05) is 116 Å². The van der Waals surface area contributed by atoms with Gasteiger partial charge in [-0.3, -0.25) is 0 Å². The Bertz CT molecular complexity index is 931. The summed E-state index contributed by atoms with van der Waals surface area (Å²) in [5.41, 5.74) is 11.0. The Labute approximate surface area is 230 Å². The van der Waals surface area contributed by atoms with Crippen LogP contribution in [0, 0.1) is 5.92 Å². The average Bonchev–Trinajstić information content (AvgIpc) is 2.94. The summed E-state index contributed by atoms with van der Waals surface area (Å²) in [6.07, 6.45) is 25.6. The molecule has 0 amide bonds. The molecule has 0 heteroatoms. The van der Waals surface area contributed by atoms with Gasteiger partial charge >= 0.3 is 0 Å². The van der Waals surface area contributed by atoms with Crippen molar-refractivity contribution < 1.29 is 0 Å². The van der Waals surface area contributed by atoms with E-state index in [1.54, 1.807) is 16.7 Å². The maximum atomic E-state index is 2.60. The second-order valence-corrected chi connectivity index (χ2v) is 11.7. The smallest absolute Gasteiger partial charge is 0.00183 e. The van der Waals surface area contributed by atoms with E-state index in [4.69, 9.17) is 0 Å². The highest BCUT2D eigenvalue weighted by Gasteiger charge is 2.18. The van der Waals surface area contributed by atoms with Crippen LogP contribution in [-0.4, -0.2) is 0 Å². The molecule has 1 aliphatic rings. The number of allylic oxidation sites excluding steroid dienone is 2. The van der Waals surface area contributed by atoms with Crippen LogP contribution in [0.3, 0.4) is 0 Å². The highest BCUT2D eigenvalue weighted by Crippen LogP contribution is 2.36. The molecule has 3 rings (SSSR count). The van der Waals surface area contributed by atoms with Crippen molar-refractivity contribution in [3.8, 4) is 11.1 Å². The fourth-order valence-electron chi connectivity index (χ4n) is 6.32. The summed E-state index contributed by atoms with van der Waals surface area (Å²) in [7, 11) is 0. The average molecular weight is 501 g/mol. The summed E-state index contributed by atoms with van der Waals surface area (Å²) < 4.78 is 0. The van der Waals surface area contributed by atoms with E-state index in [-0.39, 0.29) is 0 Å². The third kappa shape index (κ3) is 8.59. The molecular weight excluding hydrogens is 444 g/mol. The van der Waals surface area contributed by atoms with Gasteiger partial charge in [-0.15, -0.1) is 0 Å². The molecule has 0 fully saturated rings. The fraction of sp³-hybridized carbons (Fsp3) is 0.622. The Morgan fingerprint density at radius 2 is 1.24 bits per heavy atom. The van der Waals surface area contributed by atoms with Crippen molar-refractivity contribution in [3.63, 3.8) is 0 Å². The summed E-state index contributed by atoms with van der Waals surface area (Å²) in [4.78, 5) is 0. The van der Waals surface area contributed by atoms with Gasteiger partial charge in [0.05, 0.1) is 0 Å². The van der Waals surface area contributed by atoms with Gasteiger partial charge in [0.15, 0.2) is 0 Å². The minimum Gasteiger partial charge on any atom is -0.0848 e. The second-order valence-electron chi connectivity index (χ2n) is 11.7. The van der Waals surface area contributed by atoms with E-state index >= 15 is 0 Å². The molecular formula is C37H56. The zero-order chi connectivity index (χ0) is 26.5. The van der Waals surface area contributed by atoms with Gasteiger partial charge in [0.1, 0.15) is 0 Å². The van der Waals surface area contributed by atoms with Gasteiger partial charge in [-0.2, -0.15) is 0 Å². The van der Waals surface area contributed by atoms with Crippen molar-refractivity contribution in [2.75, 3.05) is 0 Å². The first-order valence-electron chi connectivity index (χ1n) is 16.1. The third-order valence-corrected chi connectivity index (χ3v) is 8.80. The predicted molar refractivity (Wildman–Crippen MR) is 166 cm³/mol. The van der Waals surface area contributed by atoms with E-state index in [1.165, 1.54) is 119 Å². The van der Waals surface area contributed by atoms with E-state index in [0.717, 1.165) is 12.3 Å². The van der Waals surface area contributed by atoms with E-state index in [2.05, 4.69) is 77.1 Å². The van der Waals surface area contributed by atoms with Crippen molar-refractivity contribution in [2.45, 2.75) is 143 Å². The first kappa shape index (κ1) is 29.7. The first-order chi connectivity index (χ1) is 18.1. The predicted octanol–water partition coefficient (Wildman–Crippen LogP) is 11.6. The molecule has 0 spiro atoms. The molecule has 2 aromatic rings. The van der Waals surface area contributed by atoms with Crippen LogP contribution in [0.2, 0.25) is 0 Å². The van der Waals surface area contributed by atoms with Gasteiger partial charge < -0.3 is 0 Å². The molecule has 1 aliphatic carbocycles. The van der Waals surface area contributed by atoms with Crippen LogP contribution in [0.1, 0.15) is 145 Å². The van der Waals surface area contributed by atoms with Crippen LogP contribution < -0.4 is 0 Å². The zero-order valence-corrected chi connectivity index (χ0v) is 25.0. The molecule has 0 N–H and O–H groups in total. The molecule has 204 valence electrons. The van der Waals surface area contributed by atoms with Crippen LogP contribution in [0.5, 0.6) is 0 Å². The maximum absolute atomic E-state index is 2.60. The Hall–Kier alpha value is -1.82. The van der Waals surface area contributed by atoms with Crippen LogP contribution >= 0.6 is 0 Å². The van der Waals surface area contributed by atoms with Gasteiger partial charge in [0.25, 0.3) is 0 Å². The van der Waals surface area contributed by atoms with Crippen molar-refractivity contribution in [1.29, 1.82) is 0 Å². The number of hydrogen-bond donors (Lipinski definition) is 0. The molecule has 2 unspecified atom stereocenters. The SMILES string of the molecule is CCCCCc1cc(-c2ccc(C3C=CC(CC)CC3)cc2CC)cc(CCCCC)c1CCCCC. The van der Waals surface area contributed by atoms with Crippen LogP contribution in [0.4, 0.5) is 0 Å². The highest BCUT2D eigenvalue weighted by atomic mass is 14.2. The van der Waals surface area contributed by atoms with Gasteiger partial charge in [-0.05, 0) is 109 Å². The van der Waals surface area contributed by atoms with E-state index in [0.29, 0.717) is 5.92 Å². The quantitative estimate of drug-likeness (QED) is 0.159. The standard InChI is InChI=1S/C37H56/c1-6-11-14-17-33-27-35(28-34(18-15-12-7-2)36(33)19-16-13-8-3)37-25-24-32(26-30(37)10-5)31-22-20-29(9-4)21-23-31/h20,22,24-29,31H,6-19,21,23H2,1-5H3. The number of aryl methyl sites for hydroxylation is 3. The fourth-order valence-corrected chi connectivity index (χ4v) is 6.32. The number of unbranched alkanes of at least 4 members (excludes halogenated alkanes) is 6. The lowest BCUT2D eigenvalue weighted by Gasteiger charge is -2.24. The molecule has 0 bridgehead atoms. The summed E-state index contributed by atoms with van der Waals surface area (Å²) in [6, 6.07) is 12.6. The Balaban J connectivity index is 1.99. The van der Waals surface area contributed by atoms with E-state index in [1.807, 2.05) is 0 Å². The molecule has 0 heterocycles. The summed E-state index contributed by atoms with van der Waals surface area (Å²) >= 11 is 0. The Kier molecular flexibility index (Phi) is 13.0. The summed E-state index contributed by atoms with van der Waals surface area (Å²) in [6.45, 7) is 11.6. The molecule has 0 aromatic heterocycles. The van der Waals surface area contributed by atoms with Crippen LogP contribution in [0.25, 0.3) is 11.1 Å².